The summed E-state index contributed by atoms with van der Waals surface area (Å²) in [5.74, 6) is -0.253. The highest BCUT2D eigenvalue weighted by molar-refractivity contribution is 6.30. The van der Waals surface area contributed by atoms with Gasteiger partial charge in [0, 0.05) is 37.2 Å². The standard InChI is InChI=1S/C14H20ClN3O/c1-11(12-3-2-4-13(15)9-12)18-7-5-17(6-8-18)10-14(16)19/h2-4,9,11H,5-8,10H2,1H3,(H2,16,19)/t11-/m0/s1. The molecule has 5 heteroatoms. The van der Waals surface area contributed by atoms with Crippen molar-refractivity contribution in [1.82, 2.24) is 9.80 Å². The zero-order valence-electron chi connectivity index (χ0n) is 11.2. The first-order valence-corrected chi connectivity index (χ1v) is 6.94. The number of carbonyl (C=O) groups excluding carboxylic acids is 1. The number of amides is 1. The van der Waals surface area contributed by atoms with Crippen LogP contribution in [0.1, 0.15) is 18.5 Å². The van der Waals surface area contributed by atoms with Gasteiger partial charge in [-0.1, -0.05) is 23.7 Å². The molecule has 1 aromatic rings. The third-order valence-corrected chi connectivity index (χ3v) is 3.90. The first kappa shape index (κ1) is 14.3. The lowest BCUT2D eigenvalue weighted by molar-refractivity contribution is -0.119. The first-order chi connectivity index (χ1) is 9.06. The van der Waals surface area contributed by atoms with Crippen molar-refractivity contribution in [3.05, 3.63) is 34.9 Å². The van der Waals surface area contributed by atoms with Crippen molar-refractivity contribution in [2.45, 2.75) is 13.0 Å². The van der Waals surface area contributed by atoms with Crippen molar-refractivity contribution in [1.29, 1.82) is 0 Å². The van der Waals surface area contributed by atoms with Crippen LogP contribution < -0.4 is 5.73 Å². The number of carbonyl (C=O) groups is 1. The molecule has 2 N–H and O–H groups in total. The number of nitrogens with zero attached hydrogens (tertiary/aromatic N) is 2. The summed E-state index contributed by atoms with van der Waals surface area (Å²) in [6, 6.07) is 8.34. The van der Waals surface area contributed by atoms with Crippen LogP contribution in [-0.2, 0) is 4.79 Å². The summed E-state index contributed by atoms with van der Waals surface area (Å²) in [4.78, 5) is 15.4. The second-order valence-corrected chi connectivity index (χ2v) is 5.45. The van der Waals surface area contributed by atoms with E-state index in [1.54, 1.807) is 0 Å². The van der Waals surface area contributed by atoms with E-state index in [1.807, 2.05) is 18.2 Å². The third-order valence-electron chi connectivity index (χ3n) is 3.67. The Kier molecular flexibility index (Phi) is 4.80. The van der Waals surface area contributed by atoms with Crippen LogP contribution in [0.2, 0.25) is 5.02 Å². The minimum atomic E-state index is -0.253. The summed E-state index contributed by atoms with van der Waals surface area (Å²) in [6.07, 6.45) is 0. The van der Waals surface area contributed by atoms with Crippen molar-refractivity contribution in [2.24, 2.45) is 5.73 Å². The molecule has 0 bridgehead atoms. The van der Waals surface area contributed by atoms with Gasteiger partial charge in [0.2, 0.25) is 5.91 Å². The number of rotatable bonds is 4. The molecular formula is C14H20ClN3O. The fourth-order valence-corrected chi connectivity index (χ4v) is 2.71. The predicted molar refractivity (Wildman–Crippen MR) is 77.1 cm³/mol. The molecule has 0 spiro atoms. The van der Waals surface area contributed by atoms with Crippen molar-refractivity contribution in [3.8, 4) is 0 Å². The van der Waals surface area contributed by atoms with Gasteiger partial charge in [0.05, 0.1) is 6.54 Å². The van der Waals surface area contributed by atoms with Crippen LogP contribution in [0.15, 0.2) is 24.3 Å². The smallest absolute Gasteiger partial charge is 0.231 e. The molecule has 4 nitrogen and oxygen atoms in total. The van der Waals surface area contributed by atoms with Gasteiger partial charge in [0.15, 0.2) is 0 Å². The number of hydrogen-bond acceptors (Lipinski definition) is 3. The van der Waals surface area contributed by atoms with Crippen molar-refractivity contribution < 1.29 is 4.79 Å². The van der Waals surface area contributed by atoms with Crippen molar-refractivity contribution in [2.75, 3.05) is 32.7 Å². The van der Waals surface area contributed by atoms with Crippen LogP contribution in [0.5, 0.6) is 0 Å². The van der Waals surface area contributed by atoms with E-state index in [1.165, 1.54) is 5.56 Å². The Morgan fingerprint density at radius 2 is 2.05 bits per heavy atom. The fourth-order valence-electron chi connectivity index (χ4n) is 2.51. The lowest BCUT2D eigenvalue weighted by Crippen LogP contribution is -2.49. The maximum atomic E-state index is 10.9. The van der Waals surface area contributed by atoms with Gasteiger partial charge in [-0.15, -0.1) is 0 Å². The SMILES string of the molecule is C[C@@H](c1cccc(Cl)c1)N1CCN(CC(N)=O)CC1. The third kappa shape index (κ3) is 3.93. The van der Waals surface area contributed by atoms with E-state index in [0.717, 1.165) is 31.2 Å². The number of halogens is 1. The van der Waals surface area contributed by atoms with Gasteiger partial charge in [0.1, 0.15) is 0 Å². The molecule has 1 saturated heterocycles. The molecule has 0 aliphatic carbocycles. The summed E-state index contributed by atoms with van der Waals surface area (Å²) in [5, 5.41) is 0.775. The van der Waals surface area contributed by atoms with Gasteiger partial charge in [0.25, 0.3) is 0 Å². The van der Waals surface area contributed by atoms with E-state index >= 15 is 0 Å². The molecule has 1 atom stereocenters. The quantitative estimate of drug-likeness (QED) is 0.910. The Balaban J connectivity index is 1.92. The van der Waals surface area contributed by atoms with E-state index in [2.05, 4.69) is 22.8 Å². The molecule has 1 aliphatic heterocycles. The molecule has 1 aromatic carbocycles. The molecule has 1 amide bonds. The average Bonchev–Trinajstić information content (AvgIpc) is 2.38. The number of hydrogen-bond donors (Lipinski definition) is 1. The molecule has 1 aliphatic rings. The van der Waals surface area contributed by atoms with Crippen LogP contribution >= 0.6 is 11.6 Å². The van der Waals surface area contributed by atoms with Gasteiger partial charge >= 0.3 is 0 Å². The second-order valence-electron chi connectivity index (χ2n) is 5.01. The summed E-state index contributed by atoms with van der Waals surface area (Å²) >= 11 is 6.03. The Morgan fingerprint density at radius 1 is 1.37 bits per heavy atom. The molecule has 0 aromatic heterocycles. The van der Waals surface area contributed by atoms with Crippen LogP contribution in [0.25, 0.3) is 0 Å². The maximum absolute atomic E-state index is 10.9. The monoisotopic (exact) mass is 281 g/mol. The molecule has 19 heavy (non-hydrogen) atoms. The number of benzene rings is 1. The zero-order valence-corrected chi connectivity index (χ0v) is 11.9. The Labute approximate surface area is 119 Å². The average molecular weight is 282 g/mol. The Bertz CT molecular complexity index is 444. The molecule has 0 unspecified atom stereocenters. The molecule has 0 radical (unpaired) electrons. The number of nitrogens with two attached hydrogens (primary N) is 1. The van der Waals surface area contributed by atoms with Gasteiger partial charge < -0.3 is 5.73 Å². The first-order valence-electron chi connectivity index (χ1n) is 6.56. The highest BCUT2D eigenvalue weighted by Crippen LogP contribution is 2.23. The minimum Gasteiger partial charge on any atom is -0.369 e. The van der Waals surface area contributed by atoms with Crippen molar-refractivity contribution >= 4 is 17.5 Å². The van der Waals surface area contributed by atoms with E-state index in [9.17, 15) is 4.79 Å². The summed E-state index contributed by atoms with van der Waals surface area (Å²) in [6.45, 7) is 6.21. The molecule has 1 fully saturated rings. The number of piperazine rings is 1. The Morgan fingerprint density at radius 3 is 2.63 bits per heavy atom. The molecular weight excluding hydrogens is 262 g/mol. The molecule has 2 rings (SSSR count). The second kappa shape index (κ2) is 6.37. The van der Waals surface area contributed by atoms with Gasteiger partial charge in [-0.3, -0.25) is 14.6 Å². The van der Waals surface area contributed by atoms with Crippen molar-refractivity contribution in [3.63, 3.8) is 0 Å². The topological polar surface area (TPSA) is 49.6 Å². The Hall–Kier alpha value is -1.10. The van der Waals surface area contributed by atoms with E-state index in [4.69, 9.17) is 17.3 Å². The molecule has 104 valence electrons. The van der Waals surface area contributed by atoms with Crippen LogP contribution in [0.3, 0.4) is 0 Å². The summed E-state index contributed by atoms with van der Waals surface area (Å²) < 4.78 is 0. The highest BCUT2D eigenvalue weighted by Gasteiger charge is 2.22. The summed E-state index contributed by atoms with van der Waals surface area (Å²) in [7, 11) is 0. The minimum absolute atomic E-state index is 0.253. The van der Waals surface area contributed by atoms with Crippen LogP contribution in [-0.4, -0.2) is 48.4 Å². The summed E-state index contributed by atoms with van der Waals surface area (Å²) in [5.41, 5.74) is 6.45. The molecule has 1 heterocycles. The largest absolute Gasteiger partial charge is 0.369 e. The zero-order chi connectivity index (χ0) is 13.8. The maximum Gasteiger partial charge on any atom is 0.231 e. The predicted octanol–water partition coefficient (Wildman–Crippen LogP) is 1.50. The van der Waals surface area contributed by atoms with Crippen LogP contribution in [0, 0.1) is 0 Å². The van der Waals surface area contributed by atoms with Gasteiger partial charge in [-0.2, -0.15) is 0 Å². The normalized spacial score (nSPS) is 19.3. The van der Waals surface area contributed by atoms with Crippen LogP contribution in [0.4, 0.5) is 0 Å². The van der Waals surface area contributed by atoms with E-state index < -0.39 is 0 Å². The lowest BCUT2D eigenvalue weighted by atomic mass is 10.1. The number of primary amides is 1. The van der Waals surface area contributed by atoms with Gasteiger partial charge in [-0.05, 0) is 24.6 Å². The van der Waals surface area contributed by atoms with E-state index in [-0.39, 0.29) is 5.91 Å². The van der Waals surface area contributed by atoms with E-state index in [0.29, 0.717) is 12.6 Å². The highest BCUT2D eigenvalue weighted by atomic mass is 35.5. The lowest BCUT2D eigenvalue weighted by Gasteiger charge is -2.37. The fraction of sp³-hybridized carbons (Fsp3) is 0.500. The molecule has 0 saturated carbocycles. The van der Waals surface area contributed by atoms with Gasteiger partial charge in [-0.25, -0.2) is 0 Å².